The fraction of sp³-hybridized carbons (Fsp3) is 0.250. The van der Waals surface area contributed by atoms with Crippen LogP contribution in [0.2, 0.25) is 0 Å². The maximum Gasteiger partial charge on any atom is 0.215 e. The summed E-state index contributed by atoms with van der Waals surface area (Å²) in [5.41, 5.74) is 2.79. The van der Waals surface area contributed by atoms with E-state index in [0.29, 0.717) is 12.0 Å². The summed E-state index contributed by atoms with van der Waals surface area (Å²) in [6.45, 7) is 1.52. The van der Waals surface area contributed by atoms with Gasteiger partial charge in [-0.1, -0.05) is 24.3 Å². The highest BCUT2D eigenvalue weighted by Gasteiger charge is 2.31. The van der Waals surface area contributed by atoms with Gasteiger partial charge >= 0.3 is 0 Å². The van der Waals surface area contributed by atoms with E-state index in [-0.39, 0.29) is 11.8 Å². The number of benzene rings is 2. The number of hydrazone groups is 1. The van der Waals surface area contributed by atoms with Gasteiger partial charge in [-0.15, -0.1) is 0 Å². The van der Waals surface area contributed by atoms with Crippen molar-refractivity contribution in [1.29, 1.82) is 0 Å². The third-order valence-corrected chi connectivity index (χ3v) is 4.64. The van der Waals surface area contributed by atoms with Crippen molar-refractivity contribution in [2.75, 3.05) is 20.2 Å². The standard InChI is InChI=1S/C20H20N4O2/c1-26-16-8-6-14(7-9-16)19(25)12-18-17-5-3-2-4-15(17)13-23-24(18)20-21-10-11-22-20/h2-9,13,18H,10-12H2,1H3,(H,21,22). The molecule has 1 N–H and O–H groups in total. The van der Waals surface area contributed by atoms with Crippen LogP contribution in [-0.4, -0.2) is 43.2 Å². The average molecular weight is 348 g/mol. The second-order valence-electron chi connectivity index (χ2n) is 6.22. The van der Waals surface area contributed by atoms with Crippen molar-refractivity contribution in [2.24, 2.45) is 10.1 Å². The summed E-state index contributed by atoms with van der Waals surface area (Å²) in [7, 11) is 1.61. The highest BCUT2D eigenvalue weighted by Crippen LogP contribution is 2.32. The molecule has 26 heavy (non-hydrogen) atoms. The van der Waals surface area contributed by atoms with Crippen LogP contribution >= 0.6 is 0 Å². The van der Waals surface area contributed by atoms with E-state index in [4.69, 9.17) is 4.74 Å². The van der Waals surface area contributed by atoms with E-state index >= 15 is 0 Å². The highest BCUT2D eigenvalue weighted by molar-refractivity contribution is 5.98. The van der Waals surface area contributed by atoms with Crippen LogP contribution in [0, 0.1) is 0 Å². The lowest BCUT2D eigenvalue weighted by atomic mass is 9.93. The summed E-state index contributed by atoms with van der Waals surface area (Å²) >= 11 is 0. The Labute approximate surface area is 152 Å². The number of Topliss-reactive ketones (excluding diaryl/α,β-unsaturated/α-hetero) is 1. The predicted molar refractivity (Wildman–Crippen MR) is 101 cm³/mol. The van der Waals surface area contributed by atoms with Crippen LogP contribution in [0.15, 0.2) is 58.6 Å². The van der Waals surface area contributed by atoms with E-state index in [2.05, 4.69) is 21.5 Å². The number of hydrogen-bond donors (Lipinski definition) is 1. The SMILES string of the molecule is COc1ccc(C(=O)CC2c3ccccc3C=NN2C2=NCCN2)cc1. The lowest BCUT2D eigenvalue weighted by molar-refractivity contribution is 0.0948. The smallest absolute Gasteiger partial charge is 0.215 e. The van der Waals surface area contributed by atoms with Gasteiger partial charge in [0.1, 0.15) is 5.75 Å². The molecule has 2 aliphatic rings. The molecule has 0 fully saturated rings. The molecular weight excluding hydrogens is 328 g/mol. The Bertz CT molecular complexity index is 874. The first kappa shape index (κ1) is 16.3. The maximum atomic E-state index is 12.9. The van der Waals surface area contributed by atoms with Crippen molar-refractivity contribution >= 4 is 18.0 Å². The van der Waals surface area contributed by atoms with Crippen LogP contribution in [0.3, 0.4) is 0 Å². The minimum Gasteiger partial charge on any atom is -0.497 e. The van der Waals surface area contributed by atoms with E-state index < -0.39 is 0 Å². The molecule has 2 heterocycles. The monoisotopic (exact) mass is 348 g/mol. The lowest BCUT2D eigenvalue weighted by Crippen LogP contribution is -2.40. The Morgan fingerprint density at radius 2 is 2.04 bits per heavy atom. The fourth-order valence-corrected chi connectivity index (χ4v) is 3.28. The number of nitrogens with one attached hydrogen (secondary N) is 1. The minimum absolute atomic E-state index is 0.0631. The topological polar surface area (TPSA) is 66.3 Å². The molecule has 0 saturated carbocycles. The summed E-state index contributed by atoms with van der Waals surface area (Å²) in [5, 5.41) is 9.63. The molecule has 0 radical (unpaired) electrons. The largest absolute Gasteiger partial charge is 0.497 e. The summed E-state index contributed by atoms with van der Waals surface area (Å²) in [5.74, 6) is 1.52. The molecular formula is C20H20N4O2. The lowest BCUT2D eigenvalue weighted by Gasteiger charge is -2.32. The second kappa shape index (κ2) is 7.00. The number of fused-ring (bicyclic) bond motifs is 1. The number of ketones is 1. The number of nitrogens with zero attached hydrogens (tertiary/aromatic N) is 3. The summed E-state index contributed by atoms with van der Waals surface area (Å²) in [6, 6.07) is 15.1. The third kappa shape index (κ3) is 3.06. The van der Waals surface area contributed by atoms with Crippen molar-refractivity contribution in [3.05, 3.63) is 65.2 Å². The van der Waals surface area contributed by atoms with Gasteiger partial charge in [-0.3, -0.25) is 4.79 Å². The van der Waals surface area contributed by atoms with Crippen LogP contribution in [0.25, 0.3) is 0 Å². The molecule has 6 heteroatoms. The number of carbonyl (C=O) groups is 1. The van der Waals surface area contributed by atoms with Crippen molar-refractivity contribution < 1.29 is 9.53 Å². The van der Waals surface area contributed by atoms with Gasteiger partial charge in [-0.25, -0.2) is 10.0 Å². The zero-order chi connectivity index (χ0) is 17.9. The molecule has 1 atom stereocenters. The number of guanidine groups is 1. The van der Waals surface area contributed by atoms with Gasteiger partial charge in [0.15, 0.2) is 5.78 Å². The summed E-state index contributed by atoms with van der Waals surface area (Å²) in [6.07, 6.45) is 2.15. The molecule has 2 aromatic rings. The van der Waals surface area contributed by atoms with Crippen LogP contribution in [0.1, 0.15) is 33.9 Å². The van der Waals surface area contributed by atoms with E-state index in [1.54, 1.807) is 31.4 Å². The van der Waals surface area contributed by atoms with Crippen molar-refractivity contribution in [2.45, 2.75) is 12.5 Å². The number of hydrogen-bond acceptors (Lipinski definition) is 6. The van der Waals surface area contributed by atoms with Gasteiger partial charge in [0.25, 0.3) is 0 Å². The quantitative estimate of drug-likeness (QED) is 0.863. The number of carbonyl (C=O) groups excluding carboxylic acids is 1. The van der Waals surface area contributed by atoms with Gasteiger partial charge < -0.3 is 10.1 Å². The molecule has 0 bridgehead atoms. The molecule has 4 rings (SSSR count). The Morgan fingerprint density at radius 1 is 1.23 bits per heavy atom. The van der Waals surface area contributed by atoms with E-state index in [1.807, 2.05) is 29.4 Å². The number of methoxy groups -OCH3 is 1. The van der Waals surface area contributed by atoms with Gasteiger partial charge in [0, 0.05) is 18.5 Å². The van der Waals surface area contributed by atoms with E-state index in [0.717, 1.165) is 35.9 Å². The van der Waals surface area contributed by atoms with Crippen LogP contribution in [-0.2, 0) is 0 Å². The zero-order valence-electron chi connectivity index (χ0n) is 14.6. The third-order valence-electron chi connectivity index (χ3n) is 4.64. The highest BCUT2D eigenvalue weighted by atomic mass is 16.5. The molecule has 6 nitrogen and oxygen atoms in total. The molecule has 0 amide bonds. The Balaban J connectivity index is 1.63. The van der Waals surface area contributed by atoms with Gasteiger partial charge in [0.05, 0.1) is 25.9 Å². The predicted octanol–water partition coefficient (Wildman–Crippen LogP) is 2.62. The first-order valence-electron chi connectivity index (χ1n) is 8.64. The van der Waals surface area contributed by atoms with E-state index in [9.17, 15) is 4.79 Å². The molecule has 0 aromatic heterocycles. The number of rotatable bonds is 4. The van der Waals surface area contributed by atoms with Gasteiger partial charge in [0.2, 0.25) is 5.96 Å². The number of aliphatic imine (C=N–C) groups is 1. The summed E-state index contributed by atoms with van der Waals surface area (Å²) in [4.78, 5) is 17.4. The molecule has 0 saturated heterocycles. The molecule has 1 unspecified atom stereocenters. The molecule has 132 valence electrons. The normalized spacial score (nSPS) is 18.1. The van der Waals surface area contributed by atoms with Crippen molar-refractivity contribution in [1.82, 2.24) is 10.3 Å². The molecule has 2 aliphatic heterocycles. The minimum atomic E-state index is -0.185. The van der Waals surface area contributed by atoms with Gasteiger partial charge in [-0.05, 0) is 35.4 Å². The van der Waals surface area contributed by atoms with Crippen molar-refractivity contribution in [3.8, 4) is 5.75 Å². The Morgan fingerprint density at radius 3 is 2.77 bits per heavy atom. The molecule has 0 spiro atoms. The fourth-order valence-electron chi connectivity index (χ4n) is 3.28. The second-order valence-corrected chi connectivity index (χ2v) is 6.22. The zero-order valence-corrected chi connectivity index (χ0v) is 14.6. The first-order valence-corrected chi connectivity index (χ1v) is 8.64. The van der Waals surface area contributed by atoms with Crippen molar-refractivity contribution in [3.63, 3.8) is 0 Å². The maximum absolute atomic E-state index is 12.9. The molecule has 2 aromatic carbocycles. The summed E-state index contributed by atoms with van der Waals surface area (Å²) < 4.78 is 5.17. The van der Waals surface area contributed by atoms with Crippen LogP contribution in [0.5, 0.6) is 5.75 Å². The first-order chi connectivity index (χ1) is 12.8. The van der Waals surface area contributed by atoms with Gasteiger partial charge in [-0.2, -0.15) is 5.10 Å². The number of ether oxygens (including phenoxy) is 1. The Hall–Kier alpha value is -3.15. The molecule has 0 aliphatic carbocycles. The average Bonchev–Trinajstić information content (AvgIpc) is 3.23. The van der Waals surface area contributed by atoms with E-state index in [1.165, 1.54) is 0 Å². The van der Waals surface area contributed by atoms with Crippen LogP contribution in [0.4, 0.5) is 0 Å². The van der Waals surface area contributed by atoms with Crippen LogP contribution < -0.4 is 10.1 Å². The Kier molecular flexibility index (Phi) is 4.39.